The van der Waals surface area contributed by atoms with Crippen molar-refractivity contribution in [3.05, 3.63) is 72.3 Å². The van der Waals surface area contributed by atoms with Crippen LogP contribution in [0.5, 0.6) is 0 Å². The van der Waals surface area contributed by atoms with Crippen LogP contribution in [0.4, 0.5) is 0 Å². The van der Waals surface area contributed by atoms with Crippen molar-refractivity contribution >= 4 is 39.4 Å². The number of amides is 1. The molecule has 0 aliphatic heterocycles. The number of nitrogens with two attached hydrogens (primary N) is 1. The predicted octanol–water partition coefficient (Wildman–Crippen LogP) is 3.75. The maximum absolute atomic E-state index is 12.3. The summed E-state index contributed by atoms with van der Waals surface area (Å²) in [6.45, 7) is 0. The number of rotatable bonds is 4. The Hall–Kier alpha value is -3.93. The Morgan fingerprint density at radius 3 is 2.77 bits per heavy atom. The van der Waals surface area contributed by atoms with Gasteiger partial charge in [-0.2, -0.15) is 0 Å². The van der Waals surface area contributed by atoms with E-state index in [1.54, 1.807) is 20.3 Å². The molecule has 0 atom stereocenters. The normalized spacial score (nSPS) is 12.2. The van der Waals surface area contributed by atoms with Crippen molar-refractivity contribution in [3.8, 4) is 11.1 Å². The van der Waals surface area contributed by atoms with Crippen LogP contribution < -0.4 is 11.1 Å². The van der Waals surface area contributed by atoms with Gasteiger partial charge in [-0.1, -0.05) is 24.3 Å². The third-order valence-corrected chi connectivity index (χ3v) is 5.28. The number of benzene rings is 2. The van der Waals surface area contributed by atoms with E-state index in [-0.39, 0.29) is 5.91 Å². The number of carbonyl (C=O) groups is 1. The predicted molar refractivity (Wildman–Crippen MR) is 124 cm³/mol. The Bertz CT molecular complexity index is 1330. The van der Waals surface area contributed by atoms with Gasteiger partial charge in [0.2, 0.25) is 0 Å². The zero-order chi connectivity index (χ0) is 21.3. The van der Waals surface area contributed by atoms with Crippen molar-refractivity contribution in [2.45, 2.75) is 0 Å². The van der Waals surface area contributed by atoms with Crippen LogP contribution in [0.15, 0.2) is 66.1 Å². The van der Waals surface area contributed by atoms with Crippen LogP contribution >= 0.6 is 0 Å². The van der Waals surface area contributed by atoms with Crippen LogP contribution in [0.2, 0.25) is 0 Å². The lowest BCUT2D eigenvalue weighted by atomic mass is 9.97. The number of nitrogens with zero attached hydrogens (tertiary/aromatic N) is 3. The van der Waals surface area contributed by atoms with E-state index in [9.17, 15) is 4.79 Å². The van der Waals surface area contributed by atoms with Crippen molar-refractivity contribution in [1.82, 2.24) is 14.9 Å². The van der Waals surface area contributed by atoms with Crippen LogP contribution in [0, 0.1) is 0 Å². The van der Waals surface area contributed by atoms with Crippen LogP contribution in [-0.2, 0) is 7.05 Å². The molecule has 6 nitrogen and oxygen atoms in total. The number of aromatic nitrogens is 2. The molecule has 0 unspecified atom stereocenters. The van der Waals surface area contributed by atoms with E-state index in [0.29, 0.717) is 5.56 Å². The number of aryl methyl sites for hydroxylation is 1. The topological polar surface area (TPSA) is 85.3 Å². The van der Waals surface area contributed by atoms with Gasteiger partial charge in [-0.25, -0.2) is 0 Å². The quantitative estimate of drug-likeness (QED) is 0.514. The molecule has 0 radical (unpaired) electrons. The molecule has 3 N–H and O–H groups in total. The fraction of sp³-hybridized carbons (Fsp3) is 0.125. The molecule has 1 amide bonds. The Kier molecular flexibility index (Phi) is 5.06. The largest absolute Gasteiger partial charge is 0.404 e. The van der Waals surface area contributed by atoms with Gasteiger partial charge in [-0.15, -0.1) is 0 Å². The standard InChI is InChI=1S/C24H23N5O/c1-26-12-17(11-25)22-10-15-5-4-6-18(20(15)13-28-22)16-7-8-23-19(9-16)21(14-29(23)3)24(30)27-2/h4-14H,25H2,1-3H3,(H,27,30). The molecule has 30 heavy (non-hydrogen) atoms. The fourth-order valence-electron chi connectivity index (χ4n) is 3.79. The van der Waals surface area contributed by atoms with E-state index in [2.05, 4.69) is 39.6 Å². The van der Waals surface area contributed by atoms with Crippen LogP contribution in [0.3, 0.4) is 0 Å². The molecule has 4 aromatic rings. The second-order valence-corrected chi connectivity index (χ2v) is 7.07. The van der Waals surface area contributed by atoms with Crippen molar-refractivity contribution in [2.75, 3.05) is 14.1 Å². The molecule has 0 fully saturated rings. The third-order valence-electron chi connectivity index (χ3n) is 5.28. The molecule has 0 saturated heterocycles. The van der Waals surface area contributed by atoms with Crippen LogP contribution in [-0.4, -0.2) is 35.8 Å². The fourth-order valence-corrected chi connectivity index (χ4v) is 3.79. The van der Waals surface area contributed by atoms with E-state index >= 15 is 0 Å². The van der Waals surface area contributed by atoms with Gasteiger partial charge in [0.25, 0.3) is 5.91 Å². The summed E-state index contributed by atoms with van der Waals surface area (Å²) >= 11 is 0. The van der Waals surface area contributed by atoms with Gasteiger partial charge in [0.1, 0.15) is 0 Å². The van der Waals surface area contributed by atoms with Crippen molar-refractivity contribution < 1.29 is 4.79 Å². The smallest absolute Gasteiger partial charge is 0.253 e. The lowest BCUT2D eigenvalue weighted by Crippen LogP contribution is -2.17. The average Bonchev–Trinajstić information content (AvgIpc) is 3.12. The van der Waals surface area contributed by atoms with Gasteiger partial charge in [-0.05, 0) is 34.7 Å². The second-order valence-electron chi connectivity index (χ2n) is 7.07. The minimum Gasteiger partial charge on any atom is -0.404 e. The summed E-state index contributed by atoms with van der Waals surface area (Å²) in [6.07, 6.45) is 6.93. The zero-order valence-corrected chi connectivity index (χ0v) is 17.2. The number of nitrogens with one attached hydrogen (secondary N) is 1. The molecule has 0 aliphatic carbocycles. The number of carbonyl (C=O) groups excluding carboxylic acids is 1. The number of pyridine rings is 1. The number of hydrogen-bond donors (Lipinski definition) is 2. The van der Waals surface area contributed by atoms with Gasteiger partial charge in [0.05, 0.1) is 11.3 Å². The summed E-state index contributed by atoms with van der Waals surface area (Å²) in [5.41, 5.74) is 11.0. The van der Waals surface area contributed by atoms with Crippen LogP contribution in [0.25, 0.3) is 38.4 Å². The lowest BCUT2D eigenvalue weighted by Gasteiger charge is -2.09. The lowest BCUT2D eigenvalue weighted by molar-refractivity contribution is 0.0964. The zero-order valence-electron chi connectivity index (χ0n) is 17.2. The minimum atomic E-state index is -0.0966. The molecular weight excluding hydrogens is 374 g/mol. The van der Waals surface area contributed by atoms with Gasteiger partial charge in [0.15, 0.2) is 0 Å². The van der Waals surface area contributed by atoms with Crippen molar-refractivity contribution in [1.29, 1.82) is 0 Å². The maximum Gasteiger partial charge on any atom is 0.253 e. The summed E-state index contributed by atoms with van der Waals surface area (Å²) < 4.78 is 1.97. The summed E-state index contributed by atoms with van der Waals surface area (Å²) in [5.74, 6) is -0.0966. The highest BCUT2D eigenvalue weighted by Crippen LogP contribution is 2.32. The van der Waals surface area contributed by atoms with Gasteiger partial charge in [0, 0.05) is 67.8 Å². The number of aliphatic imine (C=N–C) groups is 1. The van der Waals surface area contributed by atoms with Gasteiger partial charge >= 0.3 is 0 Å². The minimum absolute atomic E-state index is 0.0966. The Labute approximate surface area is 174 Å². The molecule has 2 aromatic heterocycles. The molecule has 0 aliphatic rings. The second kappa shape index (κ2) is 7.83. The molecule has 0 bridgehead atoms. The van der Waals surface area contributed by atoms with Gasteiger partial charge in [-0.3, -0.25) is 14.8 Å². The third kappa shape index (κ3) is 3.22. The highest BCUT2D eigenvalue weighted by molar-refractivity contribution is 6.11. The van der Waals surface area contributed by atoms with Crippen LogP contribution in [0.1, 0.15) is 16.1 Å². The molecule has 6 heteroatoms. The van der Waals surface area contributed by atoms with E-state index in [0.717, 1.165) is 44.1 Å². The first-order valence-electron chi connectivity index (χ1n) is 9.62. The maximum atomic E-state index is 12.3. The van der Waals surface area contributed by atoms with Crippen molar-refractivity contribution in [2.24, 2.45) is 17.8 Å². The van der Waals surface area contributed by atoms with E-state index in [1.165, 1.54) is 6.20 Å². The average molecular weight is 397 g/mol. The molecule has 2 heterocycles. The molecule has 4 rings (SSSR count). The molecule has 0 spiro atoms. The summed E-state index contributed by atoms with van der Waals surface area (Å²) in [7, 11) is 5.29. The van der Waals surface area contributed by atoms with E-state index < -0.39 is 0 Å². The Morgan fingerprint density at radius 1 is 1.20 bits per heavy atom. The Balaban J connectivity index is 1.89. The first kappa shape index (κ1) is 19.4. The van der Waals surface area contributed by atoms with E-state index in [1.807, 2.05) is 42.2 Å². The highest BCUT2D eigenvalue weighted by Gasteiger charge is 2.14. The van der Waals surface area contributed by atoms with Crippen molar-refractivity contribution in [3.63, 3.8) is 0 Å². The summed E-state index contributed by atoms with van der Waals surface area (Å²) in [5, 5.41) is 5.73. The SMILES string of the molecule is CN=CC(=CN)c1cc2cccc(-c3ccc4c(c3)c(C(=O)NC)cn4C)c2cn1. The number of allylic oxidation sites excluding steroid dienone is 1. The summed E-state index contributed by atoms with van der Waals surface area (Å²) in [6, 6.07) is 14.3. The molecule has 0 saturated carbocycles. The van der Waals surface area contributed by atoms with E-state index in [4.69, 9.17) is 5.73 Å². The Morgan fingerprint density at radius 2 is 2.03 bits per heavy atom. The summed E-state index contributed by atoms with van der Waals surface area (Å²) in [4.78, 5) is 21.0. The first-order valence-corrected chi connectivity index (χ1v) is 9.62. The molecule has 2 aromatic carbocycles. The number of fused-ring (bicyclic) bond motifs is 2. The number of hydrogen-bond acceptors (Lipinski definition) is 4. The monoisotopic (exact) mass is 397 g/mol. The molecular formula is C24H23N5O. The first-order chi connectivity index (χ1) is 14.6. The highest BCUT2D eigenvalue weighted by atomic mass is 16.1. The molecule has 150 valence electrons. The van der Waals surface area contributed by atoms with Gasteiger partial charge < -0.3 is 15.6 Å².